The summed E-state index contributed by atoms with van der Waals surface area (Å²) < 4.78 is 25.6. The fraction of sp³-hybridized carbons (Fsp3) is 0.571. The normalized spacial score (nSPS) is 22.8. The van der Waals surface area contributed by atoms with Crippen molar-refractivity contribution in [3.63, 3.8) is 0 Å². The summed E-state index contributed by atoms with van der Waals surface area (Å²) in [5.41, 5.74) is 0.576. The molecule has 6 nitrogen and oxygen atoms in total. The van der Waals surface area contributed by atoms with Gasteiger partial charge < -0.3 is 4.90 Å². The first-order chi connectivity index (χ1) is 9.78. The third kappa shape index (κ3) is 4.01. The number of pyridine rings is 1. The maximum absolute atomic E-state index is 12.4. The summed E-state index contributed by atoms with van der Waals surface area (Å²) in [5.74, 6) is 0.325. The Kier molecular flexibility index (Phi) is 4.63. The molecule has 2 heterocycles. The quantitative estimate of drug-likeness (QED) is 0.889. The second-order valence-corrected chi connectivity index (χ2v) is 7.63. The molecule has 21 heavy (non-hydrogen) atoms. The number of carbonyl (C=O) groups is 1. The van der Waals surface area contributed by atoms with Gasteiger partial charge in [0.1, 0.15) is 0 Å². The molecule has 0 aromatic carbocycles. The number of sulfonamides is 1. The molecule has 1 aliphatic heterocycles. The van der Waals surface area contributed by atoms with Gasteiger partial charge in [0, 0.05) is 37.1 Å². The van der Waals surface area contributed by atoms with Crippen molar-refractivity contribution < 1.29 is 13.2 Å². The Hall–Kier alpha value is -1.47. The predicted octanol–water partition coefficient (Wildman–Crippen LogP) is 0.727. The number of aromatic nitrogens is 1. The lowest BCUT2D eigenvalue weighted by Gasteiger charge is -2.21. The van der Waals surface area contributed by atoms with Crippen molar-refractivity contribution >= 4 is 15.9 Å². The highest BCUT2D eigenvalue weighted by Gasteiger charge is 2.38. The van der Waals surface area contributed by atoms with Crippen molar-refractivity contribution in [2.24, 2.45) is 11.8 Å². The van der Waals surface area contributed by atoms with Gasteiger partial charge in [-0.05, 0) is 24.0 Å². The SMILES string of the molecule is CC(C)[C@H]1CN(C(=O)c2ccncc2)C[C@@H]1NS(C)(=O)=O. The molecule has 1 saturated heterocycles. The van der Waals surface area contributed by atoms with E-state index >= 15 is 0 Å². The van der Waals surface area contributed by atoms with Crippen LogP contribution in [0.25, 0.3) is 0 Å². The minimum atomic E-state index is -3.29. The molecule has 0 unspecified atom stereocenters. The van der Waals surface area contributed by atoms with Crippen LogP contribution in [-0.4, -0.2) is 49.6 Å². The van der Waals surface area contributed by atoms with E-state index in [0.29, 0.717) is 24.6 Å². The highest BCUT2D eigenvalue weighted by atomic mass is 32.2. The first-order valence-electron chi connectivity index (χ1n) is 6.94. The van der Waals surface area contributed by atoms with Crippen molar-refractivity contribution in [3.8, 4) is 0 Å². The van der Waals surface area contributed by atoms with Crippen molar-refractivity contribution in [2.45, 2.75) is 19.9 Å². The number of rotatable bonds is 4. The number of hydrogen-bond donors (Lipinski definition) is 1. The van der Waals surface area contributed by atoms with Crippen molar-refractivity contribution in [1.29, 1.82) is 0 Å². The molecule has 1 aromatic rings. The van der Waals surface area contributed by atoms with Gasteiger partial charge in [0.2, 0.25) is 10.0 Å². The van der Waals surface area contributed by atoms with Crippen molar-refractivity contribution in [1.82, 2.24) is 14.6 Å². The van der Waals surface area contributed by atoms with Gasteiger partial charge in [0.25, 0.3) is 5.91 Å². The fourth-order valence-corrected chi connectivity index (χ4v) is 3.55. The Balaban J connectivity index is 2.15. The number of nitrogens with one attached hydrogen (secondary N) is 1. The highest BCUT2D eigenvalue weighted by Crippen LogP contribution is 2.26. The first kappa shape index (κ1) is 15.9. The summed E-state index contributed by atoms with van der Waals surface area (Å²) in [5, 5.41) is 0. The lowest BCUT2D eigenvalue weighted by atomic mass is 9.92. The third-order valence-electron chi connectivity index (χ3n) is 3.80. The van der Waals surface area contributed by atoms with Crippen LogP contribution in [0.2, 0.25) is 0 Å². The molecule has 1 aliphatic rings. The van der Waals surface area contributed by atoms with E-state index < -0.39 is 10.0 Å². The van der Waals surface area contributed by atoms with Gasteiger partial charge in [-0.25, -0.2) is 13.1 Å². The second-order valence-electron chi connectivity index (χ2n) is 5.85. The maximum atomic E-state index is 12.4. The van der Waals surface area contributed by atoms with Crippen LogP contribution in [0.4, 0.5) is 0 Å². The molecule has 1 aromatic heterocycles. The average molecular weight is 311 g/mol. The molecule has 1 fully saturated rings. The van der Waals surface area contributed by atoms with Gasteiger partial charge >= 0.3 is 0 Å². The largest absolute Gasteiger partial charge is 0.337 e. The van der Waals surface area contributed by atoms with Crippen LogP contribution in [-0.2, 0) is 10.0 Å². The van der Waals surface area contributed by atoms with Crippen LogP contribution < -0.4 is 4.72 Å². The maximum Gasteiger partial charge on any atom is 0.254 e. The summed E-state index contributed by atoms with van der Waals surface area (Å²) in [6.45, 7) is 5.05. The zero-order valence-electron chi connectivity index (χ0n) is 12.5. The van der Waals surface area contributed by atoms with Crippen LogP contribution in [0, 0.1) is 11.8 Å². The monoisotopic (exact) mass is 311 g/mol. The minimum Gasteiger partial charge on any atom is -0.337 e. The van der Waals surface area contributed by atoms with Gasteiger partial charge in [-0.1, -0.05) is 13.8 Å². The summed E-state index contributed by atoms with van der Waals surface area (Å²) in [6.07, 6.45) is 4.31. The fourth-order valence-electron chi connectivity index (χ4n) is 2.75. The van der Waals surface area contributed by atoms with Crippen LogP contribution in [0.3, 0.4) is 0 Å². The standard InChI is InChI=1S/C14H21N3O3S/c1-10(2)12-8-17(9-13(12)16-21(3,19)20)14(18)11-4-6-15-7-5-11/h4-7,10,12-13,16H,8-9H2,1-3H3/t12-,13+/m1/s1. The van der Waals surface area contributed by atoms with E-state index in [0.717, 1.165) is 6.26 Å². The Morgan fingerprint density at radius 1 is 1.33 bits per heavy atom. The Bertz CT molecular complexity index is 601. The van der Waals surface area contributed by atoms with E-state index in [-0.39, 0.29) is 17.9 Å². The van der Waals surface area contributed by atoms with E-state index in [9.17, 15) is 13.2 Å². The predicted molar refractivity (Wildman–Crippen MR) is 80.2 cm³/mol. The topological polar surface area (TPSA) is 79.4 Å². The van der Waals surface area contributed by atoms with Gasteiger partial charge in [-0.15, -0.1) is 0 Å². The Morgan fingerprint density at radius 2 is 1.95 bits per heavy atom. The second kappa shape index (κ2) is 6.11. The number of likely N-dealkylation sites (tertiary alicyclic amines) is 1. The van der Waals surface area contributed by atoms with E-state index in [1.54, 1.807) is 29.4 Å². The molecule has 116 valence electrons. The molecule has 1 amide bonds. The van der Waals surface area contributed by atoms with Gasteiger partial charge in [0.05, 0.1) is 6.26 Å². The lowest BCUT2D eigenvalue weighted by Crippen LogP contribution is -2.41. The molecule has 0 aliphatic carbocycles. The number of nitrogens with zero attached hydrogens (tertiary/aromatic N) is 2. The third-order valence-corrected chi connectivity index (χ3v) is 4.53. The average Bonchev–Trinajstić information content (AvgIpc) is 2.80. The summed E-state index contributed by atoms with van der Waals surface area (Å²) in [7, 11) is -3.29. The van der Waals surface area contributed by atoms with Crippen LogP contribution in [0.1, 0.15) is 24.2 Å². The zero-order chi connectivity index (χ0) is 15.6. The van der Waals surface area contributed by atoms with Crippen LogP contribution in [0.5, 0.6) is 0 Å². The molecule has 2 rings (SSSR count). The van der Waals surface area contributed by atoms with Crippen molar-refractivity contribution in [3.05, 3.63) is 30.1 Å². The number of hydrogen-bond acceptors (Lipinski definition) is 4. The van der Waals surface area contributed by atoms with E-state index in [4.69, 9.17) is 0 Å². The zero-order valence-corrected chi connectivity index (χ0v) is 13.3. The van der Waals surface area contributed by atoms with E-state index in [1.807, 2.05) is 13.8 Å². The van der Waals surface area contributed by atoms with Gasteiger partial charge in [-0.3, -0.25) is 9.78 Å². The van der Waals surface area contributed by atoms with E-state index in [1.165, 1.54) is 0 Å². The highest BCUT2D eigenvalue weighted by molar-refractivity contribution is 7.88. The molecule has 1 N–H and O–H groups in total. The van der Waals surface area contributed by atoms with Gasteiger partial charge in [-0.2, -0.15) is 0 Å². The molecule has 0 spiro atoms. The molecular formula is C14H21N3O3S. The van der Waals surface area contributed by atoms with Gasteiger partial charge in [0.15, 0.2) is 0 Å². The van der Waals surface area contributed by atoms with Crippen LogP contribution in [0.15, 0.2) is 24.5 Å². The summed E-state index contributed by atoms with van der Waals surface area (Å²) in [4.78, 5) is 18.1. The Morgan fingerprint density at radius 3 is 2.48 bits per heavy atom. The van der Waals surface area contributed by atoms with Crippen LogP contribution >= 0.6 is 0 Å². The molecule has 0 bridgehead atoms. The smallest absolute Gasteiger partial charge is 0.254 e. The number of amides is 1. The molecule has 7 heteroatoms. The van der Waals surface area contributed by atoms with E-state index in [2.05, 4.69) is 9.71 Å². The summed E-state index contributed by atoms with van der Waals surface area (Å²) >= 11 is 0. The minimum absolute atomic E-state index is 0.0825. The Labute approximate surface area is 125 Å². The molecule has 2 atom stereocenters. The van der Waals surface area contributed by atoms with Crippen molar-refractivity contribution in [2.75, 3.05) is 19.3 Å². The summed E-state index contributed by atoms with van der Waals surface area (Å²) in [6, 6.07) is 3.11. The number of carbonyl (C=O) groups excluding carboxylic acids is 1. The lowest BCUT2D eigenvalue weighted by molar-refractivity contribution is 0.0783. The molecule has 0 saturated carbocycles. The molecule has 0 radical (unpaired) electrons. The first-order valence-corrected chi connectivity index (χ1v) is 8.83. The molecular weight excluding hydrogens is 290 g/mol.